The molecule has 0 radical (unpaired) electrons. The molecule has 0 heterocycles. The van der Waals surface area contributed by atoms with Crippen LogP contribution in [0.25, 0.3) is 0 Å². The van der Waals surface area contributed by atoms with Crippen molar-refractivity contribution in [2.45, 2.75) is 13.1 Å². The van der Waals surface area contributed by atoms with E-state index in [1.165, 1.54) is 6.07 Å². The summed E-state index contributed by atoms with van der Waals surface area (Å²) in [5.41, 5.74) is 7.08. The number of nitrogens with one attached hydrogen (secondary N) is 1. The average Bonchev–Trinajstić information content (AvgIpc) is 2.00. The lowest BCUT2D eigenvalue weighted by Gasteiger charge is -2.11. The molecular weight excluding hydrogens is 193 g/mol. The maximum absolute atomic E-state index is 11.8. The zero-order valence-corrected chi connectivity index (χ0v) is 7.65. The lowest BCUT2D eigenvalue weighted by atomic mass is 10.2. The van der Waals surface area contributed by atoms with Crippen molar-refractivity contribution in [2.24, 2.45) is 0 Å². The van der Waals surface area contributed by atoms with E-state index in [9.17, 15) is 13.2 Å². The highest BCUT2D eigenvalue weighted by Gasteiger charge is 2.26. The standard InChI is InChI=1S/C9H11F3N2/c1-6-2-3-8(7(13)4-6)14-5-9(10,11)12/h2-4,14H,5,13H2,1H3. The highest BCUT2D eigenvalue weighted by Crippen LogP contribution is 2.22. The van der Waals surface area contributed by atoms with Crippen LogP contribution < -0.4 is 11.1 Å². The molecule has 0 aromatic heterocycles. The van der Waals surface area contributed by atoms with Crippen molar-refractivity contribution < 1.29 is 13.2 Å². The number of alkyl halides is 3. The Hall–Kier alpha value is -1.39. The van der Waals surface area contributed by atoms with E-state index in [1.807, 2.05) is 6.92 Å². The Bertz CT molecular complexity index is 320. The molecule has 1 aromatic rings. The number of halogens is 3. The number of hydrogen-bond donors (Lipinski definition) is 2. The monoisotopic (exact) mass is 204 g/mol. The van der Waals surface area contributed by atoms with Gasteiger partial charge in [-0.15, -0.1) is 0 Å². The Morgan fingerprint density at radius 3 is 2.50 bits per heavy atom. The van der Waals surface area contributed by atoms with Crippen LogP contribution in [0.3, 0.4) is 0 Å². The summed E-state index contributed by atoms with van der Waals surface area (Å²) >= 11 is 0. The van der Waals surface area contributed by atoms with Crippen LogP contribution in [-0.4, -0.2) is 12.7 Å². The third kappa shape index (κ3) is 3.16. The lowest BCUT2D eigenvalue weighted by Crippen LogP contribution is -2.21. The highest BCUT2D eigenvalue weighted by atomic mass is 19.4. The molecule has 0 aliphatic rings. The number of hydrogen-bond acceptors (Lipinski definition) is 2. The minimum atomic E-state index is -4.22. The maximum Gasteiger partial charge on any atom is 0.405 e. The summed E-state index contributed by atoms with van der Waals surface area (Å²) < 4.78 is 35.5. The Kier molecular flexibility index (Phi) is 2.88. The molecule has 1 rings (SSSR count). The molecule has 0 amide bonds. The molecule has 0 bridgehead atoms. The van der Waals surface area contributed by atoms with E-state index in [-0.39, 0.29) is 0 Å². The van der Waals surface area contributed by atoms with E-state index in [0.29, 0.717) is 11.4 Å². The fourth-order valence-corrected chi connectivity index (χ4v) is 1.04. The third-order valence-electron chi connectivity index (χ3n) is 1.69. The number of benzene rings is 1. The van der Waals surface area contributed by atoms with E-state index >= 15 is 0 Å². The SMILES string of the molecule is Cc1ccc(NCC(F)(F)F)c(N)c1. The molecule has 0 unspecified atom stereocenters. The molecule has 0 spiro atoms. The minimum absolute atomic E-state index is 0.313. The van der Waals surface area contributed by atoms with Gasteiger partial charge in [-0.25, -0.2) is 0 Å². The minimum Gasteiger partial charge on any atom is -0.397 e. The summed E-state index contributed by atoms with van der Waals surface area (Å²) in [6.07, 6.45) is -4.22. The third-order valence-corrected chi connectivity index (χ3v) is 1.69. The number of nitrogen functional groups attached to an aromatic ring is 1. The summed E-state index contributed by atoms with van der Waals surface area (Å²) in [5, 5.41) is 2.23. The van der Waals surface area contributed by atoms with Crippen molar-refractivity contribution in [3.05, 3.63) is 23.8 Å². The van der Waals surface area contributed by atoms with Gasteiger partial charge in [-0.05, 0) is 24.6 Å². The van der Waals surface area contributed by atoms with Crippen LogP contribution in [0.1, 0.15) is 5.56 Å². The fraction of sp³-hybridized carbons (Fsp3) is 0.333. The van der Waals surface area contributed by atoms with Gasteiger partial charge in [0.15, 0.2) is 0 Å². The second-order valence-corrected chi connectivity index (χ2v) is 3.06. The molecule has 0 aliphatic heterocycles. The second kappa shape index (κ2) is 3.77. The van der Waals surface area contributed by atoms with E-state index in [0.717, 1.165) is 5.56 Å². The predicted octanol–water partition coefficient (Wildman–Crippen LogP) is 2.55. The van der Waals surface area contributed by atoms with Crippen molar-refractivity contribution >= 4 is 11.4 Å². The molecule has 0 fully saturated rings. The summed E-state index contributed by atoms with van der Waals surface area (Å²) in [7, 11) is 0. The molecule has 3 N–H and O–H groups in total. The van der Waals surface area contributed by atoms with Crippen LogP contribution >= 0.6 is 0 Å². The zero-order valence-electron chi connectivity index (χ0n) is 7.65. The largest absolute Gasteiger partial charge is 0.405 e. The summed E-state index contributed by atoms with van der Waals surface area (Å²) in [4.78, 5) is 0. The zero-order chi connectivity index (χ0) is 10.8. The van der Waals surface area contributed by atoms with Gasteiger partial charge in [-0.2, -0.15) is 13.2 Å². The van der Waals surface area contributed by atoms with Gasteiger partial charge in [0.2, 0.25) is 0 Å². The van der Waals surface area contributed by atoms with Gasteiger partial charge in [0.05, 0.1) is 11.4 Å². The van der Waals surface area contributed by atoms with Gasteiger partial charge in [-0.1, -0.05) is 6.07 Å². The Labute approximate surface area is 79.9 Å². The Morgan fingerprint density at radius 2 is 2.00 bits per heavy atom. The van der Waals surface area contributed by atoms with Crippen LogP contribution in [-0.2, 0) is 0 Å². The highest BCUT2D eigenvalue weighted by molar-refractivity contribution is 5.66. The molecule has 78 valence electrons. The topological polar surface area (TPSA) is 38.0 Å². The normalized spacial score (nSPS) is 11.4. The first-order valence-corrected chi connectivity index (χ1v) is 4.05. The van der Waals surface area contributed by atoms with Crippen LogP contribution in [0.4, 0.5) is 24.5 Å². The van der Waals surface area contributed by atoms with Crippen molar-refractivity contribution in [3.63, 3.8) is 0 Å². The van der Waals surface area contributed by atoms with Gasteiger partial charge in [0.1, 0.15) is 6.54 Å². The number of rotatable bonds is 2. The molecule has 0 aliphatic carbocycles. The lowest BCUT2D eigenvalue weighted by molar-refractivity contribution is -0.115. The fourth-order valence-electron chi connectivity index (χ4n) is 1.04. The van der Waals surface area contributed by atoms with Crippen molar-refractivity contribution in [2.75, 3.05) is 17.6 Å². The first-order valence-electron chi connectivity index (χ1n) is 4.05. The summed E-state index contributed by atoms with van der Waals surface area (Å²) in [6.45, 7) is 0.754. The van der Waals surface area contributed by atoms with Gasteiger partial charge >= 0.3 is 6.18 Å². The number of aryl methyl sites for hydroxylation is 1. The van der Waals surface area contributed by atoms with Crippen molar-refractivity contribution in [1.29, 1.82) is 0 Å². The molecule has 0 atom stereocenters. The maximum atomic E-state index is 11.8. The van der Waals surface area contributed by atoms with Gasteiger partial charge in [0, 0.05) is 0 Å². The smallest absolute Gasteiger partial charge is 0.397 e. The molecule has 1 aromatic carbocycles. The van der Waals surface area contributed by atoms with Crippen molar-refractivity contribution in [1.82, 2.24) is 0 Å². The predicted molar refractivity (Wildman–Crippen MR) is 50.1 cm³/mol. The van der Waals surface area contributed by atoms with Gasteiger partial charge in [0.25, 0.3) is 0 Å². The number of anilines is 2. The van der Waals surface area contributed by atoms with Gasteiger partial charge < -0.3 is 11.1 Å². The quantitative estimate of drug-likeness (QED) is 0.726. The molecule has 14 heavy (non-hydrogen) atoms. The molecule has 2 nitrogen and oxygen atoms in total. The van der Waals surface area contributed by atoms with Crippen LogP contribution in [0.15, 0.2) is 18.2 Å². The second-order valence-electron chi connectivity index (χ2n) is 3.06. The molecule has 0 saturated heterocycles. The Balaban J connectivity index is 2.68. The van der Waals surface area contributed by atoms with E-state index in [1.54, 1.807) is 12.1 Å². The van der Waals surface area contributed by atoms with Gasteiger partial charge in [-0.3, -0.25) is 0 Å². The molecule has 5 heteroatoms. The first-order chi connectivity index (χ1) is 6.38. The van der Waals surface area contributed by atoms with Crippen LogP contribution in [0.5, 0.6) is 0 Å². The summed E-state index contributed by atoms with van der Waals surface area (Å²) in [6, 6.07) is 4.87. The molecular formula is C9H11F3N2. The Morgan fingerprint density at radius 1 is 1.36 bits per heavy atom. The van der Waals surface area contributed by atoms with E-state index in [4.69, 9.17) is 5.73 Å². The van der Waals surface area contributed by atoms with Crippen LogP contribution in [0, 0.1) is 6.92 Å². The van der Waals surface area contributed by atoms with Crippen molar-refractivity contribution in [3.8, 4) is 0 Å². The van der Waals surface area contributed by atoms with E-state index in [2.05, 4.69) is 5.32 Å². The average molecular weight is 204 g/mol. The van der Waals surface area contributed by atoms with E-state index < -0.39 is 12.7 Å². The molecule has 0 saturated carbocycles. The summed E-state index contributed by atoms with van der Waals surface area (Å²) in [5.74, 6) is 0. The first kappa shape index (κ1) is 10.7. The number of nitrogens with two attached hydrogens (primary N) is 1. The van der Waals surface area contributed by atoms with Crippen LogP contribution in [0.2, 0.25) is 0 Å².